The smallest absolute Gasteiger partial charge is 0.388 e. The average molecular weight is 484 g/mol. The van der Waals surface area contributed by atoms with Crippen LogP contribution in [0, 0.1) is 24.6 Å². The third kappa shape index (κ3) is 5.79. The highest BCUT2D eigenvalue weighted by atomic mass is 19.4. The molecule has 9 heteroatoms. The standard InChI is InChI=1S/C25H33F4N3O2/c1-5-21-31-22(23(33)30-14-24(34)10-8-15(2)9-11-24)17(4)32(21)20-7-6-18(13-19(20)26)12-16(3)25(27,28)29/h6-7,13,15-16,34H,5,8-12,14H2,1-4H3,(H,30,33). The van der Waals surface area contributed by atoms with E-state index in [0.717, 1.165) is 25.8 Å². The summed E-state index contributed by atoms with van der Waals surface area (Å²) in [7, 11) is 0. The molecule has 0 saturated heterocycles. The first-order chi connectivity index (χ1) is 15.8. The van der Waals surface area contributed by atoms with Crippen molar-refractivity contribution in [3.63, 3.8) is 0 Å². The molecule has 188 valence electrons. The Hall–Kier alpha value is -2.42. The molecule has 1 amide bonds. The Morgan fingerprint density at radius 1 is 1.32 bits per heavy atom. The molecule has 1 aromatic heterocycles. The Bertz CT molecular complexity index is 1020. The molecule has 1 aliphatic rings. The van der Waals surface area contributed by atoms with Crippen LogP contribution in [0.5, 0.6) is 0 Å². The number of hydrogen-bond donors (Lipinski definition) is 2. The number of rotatable bonds is 7. The van der Waals surface area contributed by atoms with Crippen molar-refractivity contribution >= 4 is 5.91 Å². The predicted molar refractivity (Wildman–Crippen MR) is 121 cm³/mol. The monoisotopic (exact) mass is 483 g/mol. The van der Waals surface area contributed by atoms with E-state index in [9.17, 15) is 27.5 Å². The summed E-state index contributed by atoms with van der Waals surface area (Å²) in [5.74, 6) is -1.70. The van der Waals surface area contributed by atoms with Gasteiger partial charge in [0.05, 0.1) is 22.9 Å². The second-order valence-electron chi connectivity index (χ2n) is 9.67. The van der Waals surface area contributed by atoms with Crippen molar-refractivity contribution in [3.8, 4) is 5.69 Å². The lowest BCUT2D eigenvalue weighted by Gasteiger charge is -2.34. The van der Waals surface area contributed by atoms with E-state index in [1.807, 2.05) is 6.92 Å². The number of aromatic nitrogens is 2. The summed E-state index contributed by atoms with van der Waals surface area (Å²) in [5.41, 5.74) is -0.00587. The number of nitrogens with zero attached hydrogens (tertiary/aromatic N) is 2. The van der Waals surface area contributed by atoms with Crippen molar-refractivity contribution in [1.29, 1.82) is 0 Å². The van der Waals surface area contributed by atoms with E-state index in [-0.39, 0.29) is 29.9 Å². The highest BCUT2D eigenvalue weighted by Crippen LogP contribution is 2.32. The Morgan fingerprint density at radius 3 is 2.53 bits per heavy atom. The van der Waals surface area contributed by atoms with Gasteiger partial charge < -0.3 is 10.4 Å². The maximum Gasteiger partial charge on any atom is 0.391 e. The van der Waals surface area contributed by atoms with Crippen molar-refractivity contribution in [2.75, 3.05) is 6.54 Å². The minimum atomic E-state index is -4.35. The second-order valence-corrected chi connectivity index (χ2v) is 9.67. The van der Waals surface area contributed by atoms with E-state index in [2.05, 4.69) is 17.2 Å². The molecule has 0 aliphatic heterocycles. The SMILES string of the molecule is CCc1nc(C(=O)NCC2(O)CCC(C)CC2)c(C)n1-c1ccc(CC(C)C(F)(F)F)cc1F. The Balaban J connectivity index is 1.81. The predicted octanol–water partition coefficient (Wildman–Crippen LogP) is 5.29. The number of aryl methyl sites for hydroxylation is 1. The van der Waals surface area contributed by atoms with Gasteiger partial charge in [0.25, 0.3) is 5.91 Å². The number of carbonyl (C=O) groups excluding carboxylic acids is 1. The molecule has 1 aromatic carbocycles. The third-order valence-corrected chi connectivity index (χ3v) is 6.85. The Kier molecular flexibility index (Phi) is 7.75. The largest absolute Gasteiger partial charge is 0.391 e. The lowest BCUT2D eigenvalue weighted by molar-refractivity contribution is -0.169. The van der Waals surface area contributed by atoms with Gasteiger partial charge in [-0.15, -0.1) is 0 Å². The molecule has 34 heavy (non-hydrogen) atoms. The first-order valence-corrected chi connectivity index (χ1v) is 11.8. The molecule has 3 rings (SSSR count). The molecule has 1 fully saturated rings. The summed E-state index contributed by atoms with van der Waals surface area (Å²) in [6.07, 6.45) is -1.22. The lowest BCUT2D eigenvalue weighted by atomic mass is 9.79. The molecular weight excluding hydrogens is 450 g/mol. The van der Waals surface area contributed by atoms with Crippen LogP contribution in [0.3, 0.4) is 0 Å². The molecule has 1 heterocycles. The molecule has 1 atom stereocenters. The van der Waals surface area contributed by atoms with Gasteiger partial charge in [-0.05, 0) is 62.6 Å². The van der Waals surface area contributed by atoms with E-state index in [1.165, 1.54) is 16.7 Å². The van der Waals surface area contributed by atoms with E-state index >= 15 is 0 Å². The van der Waals surface area contributed by atoms with Crippen LogP contribution in [0.4, 0.5) is 17.6 Å². The zero-order valence-corrected chi connectivity index (χ0v) is 20.1. The van der Waals surface area contributed by atoms with Crippen molar-refractivity contribution in [2.24, 2.45) is 11.8 Å². The van der Waals surface area contributed by atoms with Gasteiger partial charge >= 0.3 is 6.18 Å². The van der Waals surface area contributed by atoms with Gasteiger partial charge in [-0.1, -0.05) is 26.8 Å². The van der Waals surface area contributed by atoms with Crippen LogP contribution in [0.15, 0.2) is 18.2 Å². The maximum absolute atomic E-state index is 15.0. The van der Waals surface area contributed by atoms with Crippen LogP contribution >= 0.6 is 0 Å². The van der Waals surface area contributed by atoms with Crippen LogP contribution in [0.2, 0.25) is 0 Å². The number of carbonyl (C=O) groups is 1. The minimum absolute atomic E-state index is 0.118. The summed E-state index contributed by atoms with van der Waals surface area (Å²) < 4.78 is 55.1. The topological polar surface area (TPSA) is 67.2 Å². The van der Waals surface area contributed by atoms with Crippen molar-refractivity contribution in [1.82, 2.24) is 14.9 Å². The van der Waals surface area contributed by atoms with Crippen LogP contribution in [-0.4, -0.2) is 38.9 Å². The zero-order valence-electron chi connectivity index (χ0n) is 20.1. The Morgan fingerprint density at radius 2 is 1.97 bits per heavy atom. The second kappa shape index (κ2) is 10.1. The molecule has 0 bridgehead atoms. The molecular formula is C25H33F4N3O2. The van der Waals surface area contributed by atoms with Gasteiger partial charge in [-0.3, -0.25) is 9.36 Å². The fourth-order valence-corrected chi connectivity index (χ4v) is 4.46. The quantitative estimate of drug-likeness (QED) is 0.526. The number of alkyl halides is 3. The van der Waals surface area contributed by atoms with Crippen LogP contribution < -0.4 is 5.32 Å². The van der Waals surface area contributed by atoms with E-state index < -0.39 is 29.4 Å². The number of amides is 1. The molecule has 0 spiro atoms. The molecule has 0 radical (unpaired) electrons. The van der Waals surface area contributed by atoms with Gasteiger partial charge in [0.1, 0.15) is 17.3 Å². The van der Waals surface area contributed by atoms with Crippen LogP contribution in [0.25, 0.3) is 5.69 Å². The molecule has 2 N–H and O–H groups in total. The molecule has 5 nitrogen and oxygen atoms in total. The van der Waals surface area contributed by atoms with E-state index in [1.54, 1.807) is 6.92 Å². The summed E-state index contributed by atoms with van der Waals surface area (Å²) in [6.45, 7) is 6.80. The number of hydrogen-bond acceptors (Lipinski definition) is 3. The van der Waals surface area contributed by atoms with Gasteiger partial charge in [0, 0.05) is 13.0 Å². The van der Waals surface area contributed by atoms with Gasteiger partial charge in [-0.2, -0.15) is 13.2 Å². The van der Waals surface area contributed by atoms with Crippen molar-refractivity contribution in [3.05, 3.63) is 46.8 Å². The van der Waals surface area contributed by atoms with Gasteiger partial charge in [0.15, 0.2) is 0 Å². The van der Waals surface area contributed by atoms with Crippen LogP contribution in [-0.2, 0) is 12.8 Å². The molecule has 1 unspecified atom stereocenters. The first-order valence-electron chi connectivity index (χ1n) is 11.8. The molecule has 1 saturated carbocycles. The van der Waals surface area contributed by atoms with E-state index in [4.69, 9.17) is 0 Å². The molecule has 1 aliphatic carbocycles. The summed E-state index contributed by atoms with van der Waals surface area (Å²) in [6, 6.07) is 4.00. The number of benzene rings is 1. The minimum Gasteiger partial charge on any atom is -0.388 e. The highest BCUT2D eigenvalue weighted by Gasteiger charge is 2.36. The van der Waals surface area contributed by atoms with Crippen molar-refractivity contribution < 1.29 is 27.5 Å². The number of nitrogens with one attached hydrogen (secondary N) is 1. The maximum atomic E-state index is 15.0. The van der Waals surface area contributed by atoms with Gasteiger partial charge in [0.2, 0.25) is 0 Å². The third-order valence-electron chi connectivity index (χ3n) is 6.85. The summed E-state index contributed by atoms with van der Waals surface area (Å²) in [4.78, 5) is 17.3. The first kappa shape index (κ1) is 26.2. The summed E-state index contributed by atoms with van der Waals surface area (Å²) >= 11 is 0. The number of imidazole rings is 1. The number of aliphatic hydroxyl groups is 1. The van der Waals surface area contributed by atoms with Crippen molar-refractivity contribution in [2.45, 2.75) is 78.0 Å². The van der Waals surface area contributed by atoms with Gasteiger partial charge in [-0.25, -0.2) is 9.37 Å². The Labute approximate surface area is 197 Å². The number of halogens is 4. The highest BCUT2D eigenvalue weighted by molar-refractivity contribution is 5.93. The van der Waals surface area contributed by atoms with E-state index in [0.29, 0.717) is 36.7 Å². The molecule has 2 aromatic rings. The fourth-order valence-electron chi connectivity index (χ4n) is 4.46. The summed E-state index contributed by atoms with van der Waals surface area (Å²) in [5, 5.41) is 13.5. The fraction of sp³-hybridized carbons (Fsp3) is 0.600. The van der Waals surface area contributed by atoms with Crippen LogP contribution in [0.1, 0.15) is 74.0 Å². The normalized spacial score (nSPS) is 22.0. The average Bonchev–Trinajstić information content (AvgIpc) is 3.10. The zero-order chi connectivity index (χ0) is 25.3. The lowest BCUT2D eigenvalue weighted by Crippen LogP contribution is -2.45.